The topological polar surface area (TPSA) is 35.5 Å². The quantitative estimate of drug-likeness (QED) is 0.873. The Labute approximate surface area is 124 Å². The van der Waals surface area contributed by atoms with E-state index in [0.29, 0.717) is 5.75 Å². The van der Waals surface area contributed by atoms with Crippen molar-refractivity contribution in [3.05, 3.63) is 28.2 Å². The van der Waals surface area contributed by atoms with Gasteiger partial charge in [0.15, 0.2) is 0 Å². The molecule has 2 rings (SSSR count). The van der Waals surface area contributed by atoms with Crippen LogP contribution in [0, 0.1) is 5.92 Å². The van der Waals surface area contributed by atoms with E-state index in [1.165, 1.54) is 12.8 Å². The van der Waals surface area contributed by atoms with Gasteiger partial charge in [0.25, 0.3) is 0 Å². The summed E-state index contributed by atoms with van der Waals surface area (Å²) in [6.45, 7) is 7.45. The van der Waals surface area contributed by atoms with Crippen LogP contribution in [0.2, 0.25) is 0 Å². The molecule has 4 heteroatoms. The van der Waals surface area contributed by atoms with Crippen molar-refractivity contribution in [1.82, 2.24) is 10.2 Å². The van der Waals surface area contributed by atoms with Crippen molar-refractivity contribution in [1.29, 1.82) is 0 Å². The zero-order chi connectivity index (χ0) is 13.7. The van der Waals surface area contributed by atoms with Gasteiger partial charge >= 0.3 is 0 Å². The number of halogens is 1. The van der Waals surface area contributed by atoms with Crippen molar-refractivity contribution >= 4 is 15.9 Å². The first-order valence-corrected chi connectivity index (χ1v) is 7.88. The minimum Gasteiger partial charge on any atom is -0.508 e. The lowest BCUT2D eigenvalue weighted by Gasteiger charge is -2.29. The first-order valence-electron chi connectivity index (χ1n) is 7.09. The van der Waals surface area contributed by atoms with Crippen LogP contribution in [0.4, 0.5) is 0 Å². The number of benzene rings is 1. The molecule has 0 bridgehead atoms. The Balaban J connectivity index is 1.95. The maximum Gasteiger partial charge on any atom is 0.120 e. The van der Waals surface area contributed by atoms with Gasteiger partial charge in [0.05, 0.1) is 0 Å². The Bertz CT molecular complexity index is 405. The molecule has 1 heterocycles. The van der Waals surface area contributed by atoms with E-state index in [9.17, 15) is 5.11 Å². The van der Waals surface area contributed by atoms with Gasteiger partial charge in [-0.05, 0) is 56.6 Å². The van der Waals surface area contributed by atoms with Crippen molar-refractivity contribution in [2.75, 3.05) is 26.2 Å². The highest BCUT2D eigenvalue weighted by molar-refractivity contribution is 9.10. The summed E-state index contributed by atoms with van der Waals surface area (Å²) in [6, 6.07) is 5.65. The largest absolute Gasteiger partial charge is 0.508 e. The number of aromatic hydroxyl groups is 1. The molecule has 2 N–H and O–H groups in total. The summed E-state index contributed by atoms with van der Waals surface area (Å²) in [6.07, 6.45) is 2.53. The third kappa shape index (κ3) is 4.48. The zero-order valence-corrected chi connectivity index (χ0v) is 13.1. The van der Waals surface area contributed by atoms with Crippen LogP contribution in [0.3, 0.4) is 0 Å². The molecule has 0 spiro atoms. The van der Waals surface area contributed by atoms with E-state index >= 15 is 0 Å². The molecule has 1 fully saturated rings. The summed E-state index contributed by atoms with van der Waals surface area (Å²) in [4.78, 5) is 2.43. The SMILES string of the molecule is CCN(Cc1cc(Br)ccc1O)CC1CCNCC1. The highest BCUT2D eigenvalue weighted by Gasteiger charge is 2.17. The van der Waals surface area contributed by atoms with E-state index in [2.05, 4.69) is 33.1 Å². The second-order valence-corrected chi connectivity index (χ2v) is 6.21. The number of phenols is 1. The van der Waals surface area contributed by atoms with Gasteiger partial charge < -0.3 is 10.4 Å². The molecule has 1 aromatic carbocycles. The van der Waals surface area contributed by atoms with Gasteiger partial charge in [-0.15, -0.1) is 0 Å². The van der Waals surface area contributed by atoms with Gasteiger partial charge in [0, 0.05) is 23.1 Å². The molecular formula is C15H23BrN2O. The molecule has 1 saturated heterocycles. The molecule has 1 aliphatic rings. The molecule has 3 nitrogen and oxygen atoms in total. The number of nitrogens with zero attached hydrogens (tertiary/aromatic N) is 1. The molecule has 1 aliphatic heterocycles. The summed E-state index contributed by atoms with van der Waals surface area (Å²) >= 11 is 3.47. The van der Waals surface area contributed by atoms with Crippen molar-refractivity contribution in [2.24, 2.45) is 5.92 Å². The van der Waals surface area contributed by atoms with Gasteiger partial charge in [-0.3, -0.25) is 4.90 Å². The first-order chi connectivity index (χ1) is 9.19. The van der Waals surface area contributed by atoms with Crippen LogP contribution in [0.25, 0.3) is 0 Å². The predicted molar refractivity (Wildman–Crippen MR) is 82.4 cm³/mol. The lowest BCUT2D eigenvalue weighted by atomic mass is 9.97. The third-order valence-corrected chi connectivity index (χ3v) is 4.35. The fraction of sp³-hybridized carbons (Fsp3) is 0.600. The van der Waals surface area contributed by atoms with Gasteiger partial charge in [0.2, 0.25) is 0 Å². The van der Waals surface area contributed by atoms with E-state index in [4.69, 9.17) is 0 Å². The maximum atomic E-state index is 9.93. The minimum absolute atomic E-state index is 0.395. The van der Waals surface area contributed by atoms with Gasteiger partial charge in [-0.2, -0.15) is 0 Å². The zero-order valence-electron chi connectivity index (χ0n) is 11.5. The van der Waals surface area contributed by atoms with E-state index < -0.39 is 0 Å². The Kier molecular flexibility index (Phi) is 5.67. The molecule has 0 aliphatic carbocycles. The average Bonchev–Trinajstić information content (AvgIpc) is 2.43. The molecule has 106 valence electrons. The Hall–Kier alpha value is -0.580. The fourth-order valence-corrected chi connectivity index (χ4v) is 3.07. The monoisotopic (exact) mass is 326 g/mol. The summed E-state index contributed by atoms with van der Waals surface area (Å²) in [5.41, 5.74) is 1.00. The second-order valence-electron chi connectivity index (χ2n) is 5.29. The van der Waals surface area contributed by atoms with Crippen LogP contribution in [-0.2, 0) is 6.54 Å². The van der Waals surface area contributed by atoms with Crippen LogP contribution in [0.1, 0.15) is 25.3 Å². The second kappa shape index (κ2) is 7.27. The van der Waals surface area contributed by atoms with E-state index in [-0.39, 0.29) is 0 Å². The molecule has 0 unspecified atom stereocenters. The lowest BCUT2D eigenvalue weighted by molar-refractivity contribution is 0.205. The molecule has 1 aromatic rings. The number of piperidine rings is 1. The van der Waals surface area contributed by atoms with E-state index in [1.807, 2.05) is 12.1 Å². The molecule has 19 heavy (non-hydrogen) atoms. The number of nitrogens with one attached hydrogen (secondary N) is 1. The van der Waals surface area contributed by atoms with E-state index in [1.54, 1.807) is 6.07 Å². The standard InChI is InChI=1S/C15H23BrN2O/c1-2-18(10-12-5-7-17-8-6-12)11-13-9-14(16)3-4-15(13)19/h3-4,9,12,17,19H,2,5-8,10-11H2,1H3. The third-order valence-electron chi connectivity index (χ3n) is 3.86. The average molecular weight is 327 g/mol. The fourth-order valence-electron chi connectivity index (χ4n) is 2.66. The highest BCUT2D eigenvalue weighted by Crippen LogP contribution is 2.24. The van der Waals surface area contributed by atoms with Crippen molar-refractivity contribution in [3.8, 4) is 5.75 Å². The van der Waals surface area contributed by atoms with Crippen LogP contribution in [-0.4, -0.2) is 36.2 Å². The van der Waals surface area contributed by atoms with Crippen molar-refractivity contribution in [3.63, 3.8) is 0 Å². The smallest absolute Gasteiger partial charge is 0.120 e. The normalized spacial score (nSPS) is 17.0. The maximum absolute atomic E-state index is 9.93. The molecular weight excluding hydrogens is 304 g/mol. The van der Waals surface area contributed by atoms with Crippen LogP contribution >= 0.6 is 15.9 Å². The van der Waals surface area contributed by atoms with Crippen LogP contribution < -0.4 is 5.32 Å². The number of phenolic OH excluding ortho intramolecular Hbond substituents is 1. The highest BCUT2D eigenvalue weighted by atomic mass is 79.9. The summed E-state index contributed by atoms with van der Waals surface area (Å²) in [7, 11) is 0. The number of hydrogen-bond acceptors (Lipinski definition) is 3. The van der Waals surface area contributed by atoms with E-state index in [0.717, 1.165) is 48.7 Å². The molecule has 0 radical (unpaired) electrons. The summed E-state index contributed by atoms with van der Waals surface area (Å²) in [5.74, 6) is 1.18. The van der Waals surface area contributed by atoms with Crippen molar-refractivity contribution in [2.45, 2.75) is 26.3 Å². The minimum atomic E-state index is 0.395. The molecule has 0 aromatic heterocycles. The Morgan fingerprint density at radius 1 is 1.37 bits per heavy atom. The molecule has 0 amide bonds. The molecule has 0 saturated carbocycles. The van der Waals surface area contributed by atoms with Crippen LogP contribution in [0.5, 0.6) is 5.75 Å². The first kappa shape index (κ1) is 14.8. The summed E-state index contributed by atoms with van der Waals surface area (Å²) in [5, 5.41) is 13.3. The van der Waals surface area contributed by atoms with Gasteiger partial charge in [0.1, 0.15) is 5.75 Å². The van der Waals surface area contributed by atoms with Gasteiger partial charge in [-0.25, -0.2) is 0 Å². The molecule has 0 atom stereocenters. The Morgan fingerprint density at radius 3 is 2.79 bits per heavy atom. The number of rotatable bonds is 5. The lowest BCUT2D eigenvalue weighted by Crippen LogP contribution is -2.35. The van der Waals surface area contributed by atoms with Gasteiger partial charge in [-0.1, -0.05) is 22.9 Å². The van der Waals surface area contributed by atoms with Crippen molar-refractivity contribution < 1.29 is 5.11 Å². The number of hydrogen-bond donors (Lipinski definition) is 2. The van der Waals surface area contributed by atoms with Crippen LogP contribution in [0.15, 0.2) is 22.7 Å². The summed E-state index contributed by atoms with van der Waals surface area (Å²) < 4.78 is 1.03. The Morgan fingerprint density at radius 2 is 2.11 bits per heavy atom. The predicted octanol–water partition coefficient (Wildman–Crippen LogP) is 2.98.